The van der Waals surface area contributed by atoms with Crippen molar-refractivity contribution in [2.45, 2.75) is 64.2 Å². The van der Waals surface area contributed by atoms with E-state index in [1.165, 1.54) is 0 Å². The Hall–Kier alpha value is -2.48. The Balaban J connectivity index is 1.78. The number of anilines is 1. The van der Waals surface area contributed by atoms with Crippen molar-refractivity contribution in [3.8, 4) is 11.3 Å². The number of carbonyl (C=O) groups is 1. The molecule has 0 aromatic carbocycles. The van der Waals surface area contributed by atoms with E-state index in [1.54, 1.807) is 10.9 Å². The molecule has 0 bridgehead atoms. The van der Waals surface area contributed by atoms with E-state index in [0.717, 1.165) is 25.7 Å². The summed E-state index contributed by atoms with van der Waals surface area (Å²) >= 11 is 0. The Labute approximate surface area is 157 Å². The van der Waals surface area contributed by atoms with Gasteiger partial charge in [0.1, 0.15) is 0 Å². The molecule has 3 heterocycles. The minimum atomic E-state index is -0.471. The molecule has 27 heavy (non-hydrogen) atoms. The highest BCUT2D eigenvalue weighted by Gasteiger charge is 2.32. The van der Waals surface area contributed by atoms with Crippen LogP contribution >= 0.6 is 0 Å². The zero-order valence-electron chi connectivity index (χ0n) is 15.6. The molecule has 0 spiro atoms. The molecule has 0 unspecified atom stereocenters. The predicted molar refractivity (Wildman–Crippen MR) is 101 cm³/mol. The van der Waals surface area contributed by atoms with Crippen molar-refractivity contribution in [1.29, 1.82) is 0 Å². The lowest BCUT2D eigenvalue weighted by molar-refractivity contribution is 0.0966. The molecule has 2 aliphatic rings. The Kier molecular flexibility index (Phi) is 4.59. The van der Waals surface area contributed by atoms with Crippen molar-refractivity contribution in [3.05, 3.63) is 29.3 Å². The predicted octanol–water partition coefficient (Wildman–Crippen LogP) is 2.59. The second-order valence-electron chi connectivity index (χ2n) is 7.66. The molecular formula is C19H25FN6O. The molecule has 1 saturated carbocycles. The van der Waals surface area contributed by atoms with Gasteiger partial charge in [-0.2, -0.15) is 5.10 Å². The summed E-state index contributed by atoms with van der Waals surface area (Å²) < 4.78 is 16.9. The molecule has 2 aromatic heterocycles. The summed E-state index contributed by atoms with van der Waals surface area (Å²) in [4.78, 5) is 16.8. The molecule has 1 aliphatic carbocycles. The number of pyridine rings is 1. The van der Waals surface area contributed by atoms with Crippen LogP contribution in [0.25, 0.3) is 11.3 Å². The summed E-state index contributed by atoms with van der Waals surface area (Å²) in [5.74, 6) is -0.606. The number of carbonyl (C=O) groups excluding carboxylic acids is 1. The van der Waals surface area contributed by atoms with Gasteiger partial charge < -0.3 is 16.4 Å². The Morgan fingerprint density at radius 1 is 1.37 bits per heavy atom. The number of nitrogens with one attached hydrogen (secondary N) is 2. The minimum absolute atomic E-state index is 0.0184. The van der Waals surface area contributed by atoms with E-state index >= 15 is 4.39 Å². The van der Waals surface area contributed by atoms with Crippen molar-refractivity contribution in [2.75, 3.05) is 5.32 Å². The van der Waals surface area contributed by atoms with Crippen LogP contribution < -0.4 is 16.4 Å². The first-order valence-corrected chi connectivity index (χ1v) is 9.53. The maximum Gasteiger partial charge on any atom is 0.254 e. The summed E-state index contributed by atoms with van der Waals surface area (Å²) in [5.41, 5.74) is 8.02. The van der Waals surface area contributed by atoms with Crippen LogP contribution in [-0.2, 0) is 6.54 Å². The molecule has 0 saturated heterocycles. The third kappa shape index (κ3) is 3.18. The van der Waals surface area contributed by atoms with E-state index < -0.39 is 5.82 Å². The van der Waals surface area contributed by atoms with Crippen LogP contribution in [0.5, 0.6) is 0 Å². The number of nitrogens with two attached hydrogens (primary N) is 1. The SMILES string of the molecule is CC(C)n1cc(-c2nc(N[C@@H]3CCCC[C@@H]3N)c(F)c3c2C(=O)NC3)cn1. The largest absolute Gasteiger partial charge is 0.363 e. The number of hydrogen-bond acceptors (Lipinski definition) is 5. The monoisotopic (exact) mass is 372 g/mol. The number of hydrogen-bond donors (Lipinski definition) is 3. The number of rotatable bonds is 4. The van der Waals surface area contributed by atoms with Crippen LogP contribution in [0.4, 0.5) is 10.2 Å². The van der Waals surface area contributed by atoms with Gasteiger partial charge in [0.2, 0.25) is 0 Å². The van der Waals surface area contributed by atoms with Crippen LogP contribution in [0, 0.1) is 5.82 Å². The van der Waals surface area contributed by atoms with Crippen molar-refractivity contribution in [2.24, 2.45) is 5.73 Å². The average Bonchev–Trinajstić information content (AvgIpc) is 3.27. The molecule has 1 amide bonds. The Bertz CT molecular complexity index is 877. The highest BCUT2D eigenvalue weighted by molar-refractivity contribution is 6.04. The number of nitrogens with zero attached hydrogens (tertiary/aromatic N) is 3. The Morgan fingerprint density at radius 3 is 2.85 bits per heavy atom. The molecule has 1 fully saturated rings. The lowest BCUT2D eigenvalue weighted by Gasteiger charge is -2.30. The average molecular weight is 372 g/mol. The second-order valence-corrected chi connectivity index (χ2v) is 7.66. The van der Waals surface area contributed by atoms with E-state index in [1.807, 2.05) is 20.0 Å². The first-order valence-electron chi connectivity index (χ1n) is 9.53. The third-order valence-corrected chi connectivity index (χ3v) is 5.43. The molecule has 4 N–H and O–H groups in total. The quantitative estimate of drug-likeness (QED) is 0.766. The number of fused-ring (bicyclic) bond motifs is 1. The van der Waals surface area contributed by atoms with Crippen molar-refractivity contribution < 1.29 is 9.18 Å². The highest BCUT2D eigenvalue weighted by atomic mass is 19.1. The number of halogens is 1. The van der Waals surface area contributed by atoms with Gasteiger partial charge in [-0.1, -0.05) is 12.8 Å². The fourth-order valence-corrected chi connectivity index (χ4v) is 3.84. The maximum atomic E-state index is 15.1. The molecule has 2 aromatic rings. The maximum absolute atomic E-state index is 15.1. The normalized spacial score (nSPS) is 22.0. The van der Waals surface area contributed by atoms with Gasteiger partial charge in [-0.05, 0) is 26.7 Å². The molecule has 8 heteroatoms. The fourth-order valence-electron chi connectivity index (χ4n) is 3.84. The van der Waals surface area contributed by atoms with Crippen LogP contribution in [0.1, 0.15) is 61.5 Å². The lowest BCUT2D eigenvalue weighted by atomic mass is 9.91. The van der Waals surface area contributed by atoms with Crippen molar-refractivity contribution in [1.82, 2.24) is 20.1 Å². The van der Waals surface area contributed by atoms with E-state index in [4.69, 9.17) is 5.73 Å². The molecule has 2 atom stereocenters. The Morgan fingerprint density at radius 2 is 2.15 bits per heavy atom. The minimum Gasteiger partial charge on any atom is -0.363 e. The zero-order chi connectivity index (χ0) is 19.1. The highest BCUT2D eigenvalue weighted by Crippen LogP contribution is 2.33. The van der Waals surface area contributed by atoms with E-state index in [-0.39, 0.29) is 36.4 Å². The van der Waals surface area contributed by atoms with Gasteiger partial charge in [0.25, 0.3) is 5.91 Å². The van der Waals surface area contributed by atoms with E-state index in [2.05, 4.69) is 20.7 Å². The zero-order valence-corrected chi connectivity index (χ0v) is 15.6. The molecular weight excluding hydrogens is 347 g/mol. The van der Waals surface area contributed by atoms with Crippen LogP contribution in [0.2, 0.25) is 0 Å². The van der Waals surface area contributed by atoms with Crippen molar-refractivity contribution >= 4 is 11.7 Å². The summed E-state index contributed by atoms with van der Waals surface area (Å²) in [7, 11) is 0. The summed E-state index contributed by atoms with van der Waals surface area (Å²) in [6.45, 7) is 4.20. The standard InChI is InChI=1S/C19H25FN6O/c1-10(2)26-9-11(7-23-26)17-15-12(8-22-19(15)27)16(20)18(25-17)24-14-6-4-3-5-13(14)21/h7,9-10,13-14H,3-6,8,21H2,1-2H3,(H,22,27)(H,24,25)/t13-,14+/m0/s1. The number of amides is 1. The van der Waals surface area contributed by atoms with Crippen molar-refractivity contribution in [3.63, 3.8) is 0 Å². The van der Waals surface area contributed by atoms with Crippen LogP contribution in [-0.4, -0.2) is 32.8 Å². The lowest BCUT2D eigenvalue weighted by Crippen LogP contribution is -2.43. The molecule has 0 radical (unpaired) electrons. The smallest absolute Gasteiger partial charge is 0.254 e. The second kappa shape index (κ2) is 6.92. The molecule has 1 aliphatic heterocycles. The first kappa shape index (κ1) is 17.9. The van der Waals surface area contributed by atoms with Gasteiger partial charge in [0, 0.05) is 42.0 Å². The van der Waals surface area contributed by atoms with Gasteiger partial charge in [0.05, 0.1) is 17.5 Å². The fraction of sp³-hybridized carbons (Fsp3) is 0.526. The summed E-state index contributed by atoms with van der Waals surface area (Å²) in [6.07, 6.45) is 7.47. The summed E-state index contributed by atoms with van der Waals surface area (Å²) in [5, 5.41) is 10.2. The summed E-state index contributed by atoms with van der Waals surface area (Å²) in [6, 6.07) is 0.133. The molecule has 4 rings (SSSR count). The molecule has 7 nitrogen and oxygen atoms in total. The first-order chi connectivity index (χ1) is 13.0. The van der Waals surface area contributed by atoms with E-state index in [9.17, 15) is 4.79 Å². The van der Waals surface area contributed by atoms with Crippen LogP contribution in [0.3, 0.4) is 0 Å². The van der Waals surface area contributed by atoms with Gasteiger partial charge >= 0.3 is 0 Å². The van der Waals surface area contributed by atoms with Gasteiger partial charge in [-0.3, -0.25) is 9.48 Å². The van der Waals surface area contributed by atoms with Gasteiger partial charge in [-0.25, -0.2) is 9.37 Å². The molecule has 144 valence electrons. The third-order valence-electron chi connectivity index (χ3n) is 5.43. The number of aromatic nitrogens is 3. The van der Waals surface area contributed by atoms with E-state index in [0.29, 0.717) is 22.4 Å². The van der Waals surface area contributed by atoms with Gasteiger partial charge in [0.15, 0.2) is 11.6 Å². The van der Waals surface area contributed by atoms with Gasteiger partial charge in [-0.15, -0.1) is 0 Å². The van der Waals surface area contributed by atoms with Crippen LogP contribution in [0.15, 0.2) is 12.4 Å². The topological polar surface area (TPSA) is 97.9 Å².